The fourth-order valence-electron chi connectivity index (χ4n) is 6.12. The van der Waals surface area contributed by atoms with Crippen LogP contribution >= 0.6 is 0 Å². The molecule has 164 valence electrons. The van der Waals surface area contributed by atoms with Gasteiger partial charge in [0.15, 0.2) is 11.5 Å². The molecule has 1 aliphatic heterocycles. The van der Waals surface area contributed by atoms with Crippen LogP contribution < -0.4 is 5.73 Å². The number of guanidine groups is 1. The molecule has 2 N–H and O–H groups in total. The monoisotopic (exact) mass is 428 g/mol. The Hall–Kier alpha value is -3.17. The minimum absolute atomic E-state index is 0.00459. The first-order chi connectivity index (χ1) is 15.5. The summed E-state index contributed by atoms with van der Waals surface area (Å²) in [6.07, 6.45) is 4.62. The summed E-state index contributed by atoms with van der Waals surface area (Å²) in [6.45, 7) is 2.44. The second-order valence-electron chi connectivity index (χ2n) is 9.19. The molecule has 0 saturated heterocycles. The number of nitrogens with two attached hydrogens (primary N) is 1. The van der Waals surface area contributed by atoms with Crippen LogP contribution in [0.4, 0.5) is 0 Å². The standard InChI is InChI=1S/C26H28N4O2/c1-3-30-23(31)26(29-24(30)28)22-14-19(18-6-4-5-17(13-18)16-27)7-8-20(22)15-25(26)11-9-21(32-2)10-12-25/h4-8,13-14,21H,3,9-12,15H2,1-2H3,(H2,28,29). The van der Waals surface area contributed by atoms with Crippen LogP contribution in [0.3, 0.4) is 0 Å². The van der Waals surface area contributed by atoms with Crippen molar-refractivity contribution in [1.82, 2.24) is 4.90 Å². The third kappa shape index (κ3) is 2.74. The minimum Gasteiger partial charge on any atom is -0.381 e. The number of ether oxygens (including phenoxy) is 1. The zero-order valence-electron chi connectivity index (χ0n) is 18.6. The number of likely N-dealkylation sites (N-methyl/N-ethyl adjacent to an activating group) is 1. The summed E-state index contributed by atoms with van der Waals surface area (Å²) in [6, 6.07) is 16.1. The van der Waals surface area contributed by atoms with Gasteiger partial charge < -0.3 is 10.5 Å². The van der Waals surface area contributed by atoms with Gasteiger partial charge in [0.2, 0.25) is 0 Å². The molecule has 2 aromatic rings. The van der Waals surface area contributed by atoms with Gasteiger partial charge in [0.1, 0.15) is 0 Å². The molecule has 6 nitrogen and oxygen atoms in total. The molecule has 1 fully saturated rings. The number of benzene rings is 2. The summed E-state index contributed by atoms with van der Waals surface area (Å²) < 4.78 is 5.63. The van der Waals surface area contributed by atoms with Crippen molar-refractivity contribution in [2.75, 3.05) is 13.7 Å². The Morgan fingerprint density at radius 2 is 1.97 bits per heavy atom. The van der Waals surface area contributed by atoms with E-state index in [1.54, 1.807) is 18.1 Å². The first-order valence-corrected chi connectivity index (χ1v) is 11.3. The van der Waals surface area contributed by atoms with Crippen LogP contribution in [0.2, 0.25) is 0 Å². The van der Waals surface area contributed by atoms with Gasteiger partial charge in [0, 0.05) is 19.1 Å². The molecule has 1 heterocycles. The van der Waals surface area contributed by atoms with Gasteiger partial charge in [-0.1, -0.05) is 24.3 Å². The van der Waals surface area contributed by atoms with Crippen LogP contribution in [-0.2, 0) is 21.5 Å². The van der Waals surface area contributed by atoms with E-state index in [1.165, 1.54) is 5.56 Å². The lowest BCUT2D eigenvalue weighted by molar-refractivity contribution is -0.138. The van der Waals surface area contributed by atoms with Crippen LogP contribution in [0.5, 0.6) is 0 Å². The number of nitriles is 1. The van der Waals surface area contributed by atoms with E-state index in [9.17, 15) is 10.1 Å². The van der Waals surface area contributed by atoms with Gasteiger partial charge in [-0.25, -0.2) is 4.99 Å². The molecule has 1 amide bonds. The van der Waals surface area contributed by atoms with E-state index in [1.807, 2.05) is 25.1 Å². The molecule has 0 aromatic heterocycles. The maximum absolute atomic E-state index is 14.0. The first kappa shape index (κ1) is 20.7. The summed E-state index contributed by atoms with van der Waals surface area (Å²) in [5, 5.41) is 9.32. The van der Waals surface area contributed by atoms with Crippen LogP contribution in [0.1, 0.15) is 49.3 Å². The average Bonchev–Trinajstić information content (AvgIpc) is 3.24. The Balaban J connectivity index is 1.67. The number of aliphatic imine (C=N–C) groups is 1. The van der Waals surface area contributed by atoms with Crippen molar-refractivity contribution >= 4 is 11.9 Å². The summed E-state index contributed by atoms with van der Waals surface area (Å²) in [7, 11) is 1.76. The smallest absolute Gasteiger partial charge is 0.262 e. The highest BCUT2D eigenvalue weighted by Crippen LogP contribution is 2.62. The second kappa shape index (κ2) is 7.46. The number of amides is 1. The van der Waals surface area contributed by atoms with Crippen LogP contribution in [0.15, 0.2) is 47.5 Å². The average molecular weight is 429 g/mol. The van der Waals surface area contributed by atoms with E-state index in [-0.39, 0.29) is 17.4 Å². The topological polar surface area (TPSA) is 91.7 Å². The number of nitrogens with zero attached hydrogens (tertiary/aromatic N) is 3. The molecule has 2 aliphatic carbocycles. The van der Waals surface area contributed by atoms with E-state index < -0.39 is 5.54 Å². The van der Waals surface area contributed by atoms with Gasteiger partial charge in [-0.05, 0) is 79.5 Å². The fraction of sp³-hybridized carbons (Fsp3) is 0.423. The summed E-state index contributed by atoms with van der Waals surface area (Å²) in [4.78, 5) is 20.6. The van der Waals surface area contributed by atoms with Gasteiger partial charge in [0.25, 0.3) is 5.91 Å². The predicted molar refractivity (Wildman–Crippen MR) is 123 cm³/mol. The molecule has 2 aromatic carbocycles. The van der Waals surface area contributed by atoms with E-state index in [0.29, 0.717) is 18.1 Å². The van der Waals surface area contributed by atoms with Crippen molar-refractivity contribution in [3.63, 3.8) is 0 Å². The van der Waals surface area contributed by atoms with E-state index in [4.69, 9.17) is 15.5 Å². The molecule has 3 aliphatic rings. The molecule has 1 unspecified atom stereocenters. The Labute approximate surface area is 188 Å². The Morgan fingerprint density at radius 1 is 1.22 bits per heavy atom. The number of hydrogen-bond donors (Lipinski definition) is 1. The van der Waals surface area contributed by atoms with Crippen molar-refractivity contribution in [3.8, 4) is 17.2 Å². The van der Waals surface area contributed by atoms with Crippen LogP contribution in [0.25, 0.3) is 11.1 Å². The molecule has 6 heteroatoms. The van der Waals surface area contributed by atoms with Gasteiger partial charge in [-0.15, -0.1) is 0 Å². The highest BCUT2D eigenvalue weighted by atomic mass is 16.5. The highest BCUT2D eigenvalue weighted by molar-refractivity contribution is 6.08. The lowest BCUT2D eigenvalue weighted by atomic mass is 9.61. The van der Waals surface area contributed by atoms with Crippen molar-refractivity contribution in [2.45, 2.75) is 50.7 Å². The largest absolute Gasteiger partial charge is 0.381 e. The molecule has 2 spiro atoms. The molecule has 5 rings (SSSR count). The number of methoxy groups -OCH3 is 1. The normalized spacial score (nSPS) is 28.8. The maximum atomic E-state index is 14.0. The van der Waals surface area contributed by atoms with Crippen molar-refractivity contribution in [1.29, 1.82) is 5.26 Å². The fourth-order valence-corrected chi connectivity index (χ4v) is 6.12. The number of rotatable bonds is 3. The number of fused-ring (bicyclic) bond motifs is 3. The van der Waals surface area contributed by atoms with Crippen LogP contribution in [-0.4, -0.2) is 36.5 Å². The first-order valence-electron chi connectivity index (χ1n) is 11.3. The predicted octanol–water partition coefficient (Wildman–Crippen LogP) is 3.73. The lowest BCUT2D eigenvalue weighted by Crippen LogP contribution is -2.52. The molecule has 0 bridgehead atoms. The second-order valence-corrected chi connectivity index (χ2v) is 9.19. The van der Waals surface area contributed by atoms with Crippen LogP contribution in [0, 0.1) is 16.7 Å². The minimum atomic E-state index is -0.982. The SMILES string of the molecule is CCN1C(=O)C2(N=C1N)c1cc(-c3cccc(C#N)c3)ccc1CC21CCC(OC)CC1. The molecule has 32 heavy (non-hydrogen) atoms. The van der Waals surface area contributed by atoms with E-state index in [0.717, 1.165) is 48.8 Å². The number of carbonyl (C=O) groups is 1. The molecule has 1 atom stereocenters. The zero-order valence-corrected chi connectivity index (χ0v) is 18.6. The Bertz CT molecular complexity index is 1160. The Kier molecular flexibility index (Phi) is 4.83. The highest BCUT2D eigenvalue weighted by Gasteiger charge is 2.66. The van der Waals surface area contributed by atoms with E-state index in [2.05, 4.69) is 24.3 Å². The summed E-state index contributed by atoms with van der Waals surface area (Å²) in [5.74, 6) is 0.311. The maximum Gasteiger partial charge on any atom is 0.262 e. The van der Waals surface area contributed by atoms with Gasteiger partial charge >= 0.3 is 0 Å². The quantitative estimate of drug-likeness (QED) is 0.806. The van der Waals surface area contributed by atoms with Crippen molar-refractivity contribution < 1.29 is 9.53 Å². The summed E-state index contributed by atoms with van der Waals surface area (Å²) in [5.41, 5.74) is 9.74. The molecular weight excluding hydrogens is 400 g/mol. The number of carbonyl (C=O) groups excluding carboxylic acids is 1. The van der Waals surface area contributed by atoms with Gasteiger partial charge in [0.05, 0.1) is 17.7 Å². The zero-order chi connectivity index (χ0) is 22.5. The van der Waals surface area contributed by atoms with Gasteiger partial charge in [-0.3, -0.25) is 9.69 Å². The third-order valence-electron chi connectivity index (χ3n) is 7.77. The molecular formula is C26H28N4O2. The number of hydrogen-bond acceptors (Lipinski definition) is 5. The molecule has 1 saturated carbocycles. The van der Waals surface area contributed by atoms with Crippen molar-refractivity contribution in [3.05, 3.63) is 59.2 Å². The lowest BCUT2D eigenvalue weighted by Gasteiger charge is -2.45. The molecule has 0 radical (unpaired) electrons. The van der Waals surface area contributed by atoms with Crippen molar-refractivity contribution in [2.24, 2.45) is 16.1 Å². The third-order valence-corrected chi connectivity index (χ3v) is 7.77. The van der Waals surface area contributed by atoms with Gasteiger partial charge in [-0.2, -0.15) is 5.26 Å². The Morgan fingerprint density at radius 3 is 2.62 bits per heavy atom. The summed E-state index contributed by atoms with van der Waals surface area (Å²) >= 11 is 0. The van der Waals surface area contributed by atoms with E-state index >= 15 is 0 Å².